The van der Waals surface area contributed by atoms with Crippen LogP contribution in [0.1, 0.15) is 26.3 Å². The number of nitrogens with zero attached hydrogens (tertiary/aromatic N) is 2. The molecule has 5 nitrogen and oxygen atoms in total. The fourth-order valence-corrected chi connectivity index (χ4v) is 2.52. The van der Waals surface area contributed by atoms with E-state index >= 15 is 0 Å². The number of carbonyl (C=O) groups is 1. The van der Waals surface area contributed by atoms with Crippen LogP contribution < -0.4 is 10.1 Å². The summed E-state index contributed by atoms with van der Waals surface area (Å²) >= 11 is 0. The summed E-state index contributed by atoms with van der Waals surface area (Å²) in [5.41, 5.74) is 2.16. The highest BCUT2D eigenvalue weighted by Gasteiger charge is 2.32. The van der Waals surface area contributed by atoms with Crippen molar-refractivity contribution >= 4 is 11.7 Å². The normalized spacial score (nSPS) is 14.9. The Balaban J connectivity index is 1.48. The van der Waals surface area contributed by atoms with Crippen molar-refractivity contribution < 1.29 is 9.53 Å². The van der Waals surface area contributed by atoms with Gasteiger partial charge in [-0.05, 0) is 29.2 Å². The number of ether oxygens (including phenoxy) is 1. The molecule has 0 aliphatic carbocycles. The molecule has 1 N–H and O–H groups in total. The largest absolute Gasteiger partial charge is 0.471 e. The summed E-state index contributed by atoms with van der Waals surface area (Å²) in [6.07, 6.45) is 1.70. The van der Waals surface area contributed by atoms with Gasteiger partial charge in [0.25, 0.3) is 0 Å². The van der Waals surface area contributed by atoms with Crippen LogP contribution in [0.2, 0.25) is 0 Å². The van der Waals surface area contributed by atoms with Crippen molar-refractivity contribution in [3.05, 3.63) is 54.2 Å². The molecule has 0 bridgehead atoms. The van der Waals surface area contributed by atoms with E-state index in [9.17, 15) is 4.79 Å². The minimum absolute atomic E-state index is 0.00826. The quantitative estimate of drug-likeness (QED) is 0.936. The Kier molecular flexibility index (Phi) is 4.42. The number of pyridine rings is 1. The summed E-state index contributed by atoms with van der Waals surface area (Å²) in [6, 6.07) is 13.4. The average Bonchev–Trinajstić information content (AvgIpc) is 2.51. The van der Waals surface area contributed by atoms with Gasteiger partial charge in [-0.2, -0.15) is 0 Å². The van der Waals surface area contributed by atoms with Crippen molar-refractivity contribution in [2.75, 3.05) is 18.4 Å². The van der Waals surface area contributed by atoms with Crippen molar-refractivity contribution in [1.82, 2.24) is 9.88 Å². The molecule has 2 amide bonds. The number of anilines is 1. The molecule has 1 aliphatic heterocycles. The third-order valence-electron chi connectivity index (χ3n) is 4.06. The van der Waals surface area contributed by atoms with Gasteiger partial charge >= 0.3 is 6.03 Å². The molecule has 126 valence electrons. The van der Waals surface area contributed by atoms with Gasteiger partial charge in [0.2, 0.25) is 5.88 Å². The molecule has 1 aliphatic rings. The molecular weight excluding hydrogens is 302 g/mol. The van der Waals surface area contributed by atoms with Crippen LogP contribution in [-0.4, -0.2) is 35.1 Å². The summed E-state index contributed by atoms with van der Waals surface area (Å²) < 4.78 is 5.70. The standard InChI is InChI=1S/C19H23N3O2/c1-19(2,3)14-7-9-15(10-8-14)21-18(23)22-12-16(13-22)24-17-6-4-5-11-20-17/h4-11,16H,12-13H2,1-3H3,(H,21,23). The summed E-state index contributed by atoms with van der Waals surface area (Å²) in [5, 5.41) is 2.92. The molecule has 0 radical (unpaired) electrons. The molecule has 1 aromatic heterocycles. The SMILES string of the molecule is CC(C)(C)c1ccc(NC(=O)N2CC(Oc3ccccn3)C2)cc1. The average molecular weight is 325 g/mol. The molecule has 0 spiro atoms. The van der Waals surface area contributed by atoms with Gasteiger partial charge in [-0.1, -0.05) is 39.0 Å². The van der Waals surface area contributed by atoms with E-state index < -0.39 is 0 Å². The molecule has 2 aromatic rings. The molecule has 24 heavy (non-hydrogen) atoms. The zero-order chi connectivity index (χ0) is 17.2. The lowest BCUT2D eigenvalue weighted by Crippen LogP contribution is -2.57. The van der Waals surface area contributed by atoms with E-state index in [1.54, 1.807) is 11.1 Å². The zero-order valence-electron chi connectivity index (χ0n) is 14.3. The molecule has 1 fully saturated rings. The number of benzene rings is 1. The Labute approximate surface area is 142 Å². The fraction of sp³-hybridized carbons (Fsp3) is 0.368. The second-order valence-corrected chi connectivity index (χ2v) is 7.07. The molecule has 0 atom stereocenters. The van der Waals surface area contributed by atoms with Crippen LogP contribution in [0, 0.1) is 0 Å². The Morgan fingerprint density at radius 1 is 1.17 bits per heavy atom. The number of amides is 2. The summed E-state index contributed by atoms with van der Waals surface area (Å²) in [5.74, 6) is 0.598. The van der Waals surface area contributed by atoms with Crippen LogP contribution in [0.4, 0.5) is 10.5 Å². The molecule has 3 rings (SSSR count). The van der Waals surface area contributed by atoms with Gasteiger partial charge in [0.1, 0.15) is 6.10 Å². The predicted molar refractivity (Wildman–Crippen MR) is 94.4 cm³/mol. The minimum Gasteiger partial charge on any atom is -0.471 e. The molecule has 5 heteroatoms. The third kappa shape index (κ3) is 3.85. The minimum atomic E-state index is -0.0978. The summed E-state index contributed by atoms with van der Waals surface area (Å²) in [6.45, 7) is 7.65. The molecule has 0 unspecified atom stereocenters. The van der Waals surface area contributed by atoms with Crippen molar-refractivity contribution in [1.29, 1.82) is 0 Å². The van der Waals surface area contributed by atoms with Gasteiger partial charge in [-0.3, -0.25) is 0 Å². The number of carbonyl (C=O) groups excluding carboxylic acids is 1. The van der Waals surface area contributed by atoms with Gasteiger partial charge in [0, 0.05) is 18.0 Å². The molecular formula is C19H23N3O2. The van der Waals surface area contributed by atoms with Crippen molar-refractivity contribution in [2.24, 2.45) is 0 Å². The highest BCUT2D eigenvalue weighted by atomic mass is 16.5. The Bertz CT molecular complexity index is 687. The Morgan fingerprint density at radius 2 is 1.88 bits per heavy atom. The number of aromatic nitrogens is 1. The summed E-state index contributed by atoms with van der Waals surface area (Å²) in [7, 11) is 0. The Hall–Kier alpha value is -2.56. The van der Waals surface area contributed by atoms with Crippen LogP contribution in [-0.2, 0) is 5.41 Å². The van der Waals surface area contributed by atoms with E-state index in [0.717, 1.165) is 5.69 Å². The number of likely N-dealkylation sites (tertiary alicyclic amines) is 1. The highest BCUT2D eigenvalue weighted by molar-refractivity contribution is 5.89. The number of urea groups is 1. The lowest BCUT2D eigenvalue weighted by Gasteiger charge is -2.38. The lowest BCUT2D eigenvalue weighted by molar-refractivity contribution is 0.0461. The summed E-state index contributed by atoms with van der Waals surface area (Å²) in [4.78, 5) is 18.1. The van der Waals surface area contributed by atoms with E-state index in [0.29, 0.717) is 19.0 Å². The smallest absolute Gasteiger partial charge is 0.322 e. The topological polar surface area (TPSA) is 54.5 Å². The number of hydrogen-bond acceptors (Lipinski definition) is 3. The predicted octanol–water partition coefficient (Wildman–Crippen LogP) is 3.67. The lowest BCUT2D eigenvalue weighted by atomic mass is 9.87. The van der Waals surface area contributed by atoms with Gasteiger partial charge < -0.3 is 15.0 Å². The first-order valence-electron chi connectivity index (χ1n) is 8.16. The second kappa shape index (κ2) is 6.51. The van der Waals surface area contributed by atoms with Crippen molar-refractivity contribution in [3.63, 3.8) is 0 Å². The Morgan fingerprint density at radius 3 is 2.46 bits per heavy atom. The van der Waals surface area contributed by atoms with Gasteiger partial charge in [0.05, 0.1) is 13.1 Å². The van der Waals surface area contributed by atoms with E-state index in [4.69, 9.17) is 4.74 Å². The van der Waals surface area contributed by atoms with Crippen LogP contribution >= 0.6 is 0 Å². The molecule has 1 saturated heterocycles. The van der Waals surface area contributed by atoms with Gasteiger partial charge in [0.15, 0.2) is 0 Å². The first kappa shape index (κ1) is 16.3. The number of rotatable bonds is 3. The van der Waals surface area contributed by atoms with Crippen LogP contribution in [0.3, 0.4) is 0 Å². The monoisotopic (exact) mass is 325 g/mol. The van der Waals surface area contributed by atoms with E-state index in [1.807, 2.05) is 30.3 Å². The van der Waals surface area contributed by atoms with Crippen LogP contribution in [0.5, 0.6) is 5.88 Å². The maximum Gasteiger partial charge on any atom is 0.322 e. The molecule has 2 heterocycles. The van der Waals surface area contributed by atoms with Gasteiger partial charge in [-0.15, -0.1) is 0 Å². The highest BCUT2D eigenvalue weighted by Crippen LogP contribution is 2.24. The maximum absolute atomic E-state index is 12.2. The first-order chi connectivity index (χ1) is 11.4. The molecule has 0 saturated carbocycles. The van der Waals surface area contributed by atoms with E-state index in [2.05, 4.69) is 43.2 Å². The van der Waals surface area contributed by atoms with E-state index in [1.165, 1.54) is 5.56 Å². The number of hydrogen-bond donors (Lipinski definition) is 1. The van der Waals surface area contributed by atoms with Gasteiger partial charge in [-0.25, -0.2) is 9.78 Å². The fourth-order valence-electron chi connectivity index (χ4n) is 2.52. The van der Waals surface area contributed by atoms with Crippen LogP contribution in [0.25, 0.3) is 0 Å². The van der Waals surface area contributed by atoms with Crippen LogP contribution in [0.15, 0.2) is 48.7 Å². The third-order valence-corrected chi connectivity index (χ3v) is 4.06. The second-order valence-electron chi connectivity index (χ2n) is 7.07. The maximum atomic E-state index is 12.2. The number of nitrogens with one attached hydrogen (secondary N) is 1. The van der Waals surface area contributed by atoms with Crippen molar-refractivity contribution in [2.45, 2.75) is 32.3 Å². The van der Waals surface area contributed by atoms with E-state index in [-0.39, 0.29) is 17.6 Å². The molecule has 1 aromatic carbocycles. The first-order valence-corrected chi connectivity index (χ1v) is 8.16. The zero-order valence-corrected chi connectivity index (χ0v) is 14.3. The van der Waals surface area contributed by atoms with Crippen molar-refractivity contribution in [3.8, 4) is 5.88 Å².